The summed E-state index contributed by atoms with van der Waals surface area (Å²) < 4.78 is 38.8. The molecule has 7 N–H and O–H groups in total. The van der Waals surface area contributed by atoms with Crippen LogP contribution in [0.2, 0.25) is 0 Å². The van der Waals surface area contributed by atoms with E-state index in [0.29, 0.717) is 17.8 Å². The number of rotatable bonds is 6. The summed E-state index contributed by atoms with van der Waals surface area (Å²) >= 11 is 0. The third-order valence-corrected chi connectivity index (χ3v) is 18.0. The molecule has 308 valence electrons. The van der Waals surface area contributed by atoms with E-state index in [4.69, 9.17) is 28.4 Å². The van der Waals surface area contributed by atoms with Crippen LogP contribution in [0.4, 0.5) is 0 Å². The summed E-state index contributed by atoms with van der Waals surface area (Å²) in [6, 6.07) is 0. The Balaban J connectivity index is 0.956. The number of hydrogen-bond donors (Lipinski definition) is 7. The van der Waals surface area contributed by atoms with E-state index in [9.17, 15) is 35.7 Å². The van der Waals surface area contributed by atoms with Gasteiger partial charge in [0, 0.05) is 12.3 Å². The van der Waals surface area contributed by atoms with Gasteiger partial charge in [-0.1, -0.05) is 34.6 Å². The Hall–Kier alpha value is -0.520. The van der Waals surface area contributed by atoms with Crippen LogP contribution in [0.15, 0.2) is 0 Å². The fourth-order valence-corrected chi connectivity index (χ4v) is 15.5. The highest BCUT2D eigenvalue weighted by atomic mass is 16.8. The molecule has 13 nitrogen and oxygen atoms in total. The topological polar surface area (TPSA) is 197 Å². The van der Waals surface area contributed by atoms with E-state index in [2.05, 4.69) is 34.6 Å². The first-order valence-corrected chi connectivity index (χ1v) is 20.9. The predicted octanol–water partition coefficient (Wildman–Crippen LogP) is 1.97. The second-order valence-electron chi connectivity index (χ2n) is 21.0. The summed E-state index contributed by atoms with van der Waals surface area (Å²) in [6.45, 7) is 15.3. The summed E-state index contributed by atoms with van der Waals surface area (Å²) in [5.41, 5.74) is -0.722. The van der Waals surface area contributed by atoms with E-state index >= 15 is 0 Å². The quantitative estimate of drug-likeness (QED) is 0.194. The first-order valence-electron chi connectivity index (χ1n) is 20.9. The zero-order chi connectivity index (χ0) is 38.8. The molecule has 3 spiro atoms. The first kappa shape index (κ1) is 39.0. The molecule has 54 heavy (non-hydrogen) atoms. The number of ether oxygens (including phenoxy) is 6. The van der Waals surface area contributed by atoms with Crippen LogP contribution < -0.4 is 0 Å². The van der Waals surface area contributed by atoms with Crippen LogP contribution in [0.5, 0.6) is 0 Å². The van der Waals surface area contributed by atoms with Gasteiger partial charge >= 0.3 is 0 Å². The molecule has 0 aromatic carbocycles. The Labute approximate surface area is 319 Å². The molecule has 0 amide bonds. The van der Waals surface area contributed by atoms with Crippen LogP contribution in [-0.4, -0.2) is 134 Å². The molecule has 2 bridgehead atoms. The minimum absolute atomic E-state index is 0.00320. The fraction of sp³-hybridized carbons (Fsp3) is 1.00. The van der Waals surface area contributed by atoms with E-state index in [0.717, 1.165) is 44.9 Å². The maximum absolute atomic E-state index is 10.8. The molecule has 5 aliphatic carbocycles. The van der Waals surface area contributed by atoms with E-state index in [1.54, 1.807) is 0 Å². The summed E-state index contributed by atoms with van der Waals surface area (Å²) in [7, 11) is 0. The van der Waals surface area contributed by atoms with Crippen molar-refractivity contribution in [1.82, 2.24) is 0 Å². The Bertz CT molecular complexity index is 1480. The van der Waals surface area contributed by atoms with Gasteiger partial charge in [-0.15, -0.1) is 0 Å². The maximum Gasteiger partial charge on any atom is 0.187 e. The zero-order valence-electron chi connectivity index (χ0n) is 33.1. The standard InChI is InChI=1S/C41H66O13/c1-19-14-21-32(36(4,5)54-34-30(48)28(46)27(45)22(15-42)50-34)53-41(52-21)17-38(7)24-9-8-23-35(2,3)25(51-33-29(47)26(44)20(43)16-49-33)10-11-39(23)18-40(24,39)13-12-37(38,6)31(19)41/h19-34,42-48H,8-18H2,1-7H3. The van der Waals surface area contributed by atoms with Gasteiger partial charge in [0.25, 0.3) is 0 Å². The second-order valence-corrected chi connectivity index (χ2v) is 21.0. The van der Waals surface area contributed by atoms with Crippen LogP contribution in [0.3, 0.4) is 0 Å². The zero-order valence-corrected chi connectivity index (χ0v) is 33.1. The molecule has 0 aromatic rings. The van der Waals surface area contributed by atoms with E-state index < -0.39 is 79.4 Å². The van der Waals surface area contributed by atoms with Crippen LogP contribution in [0.1, 0.15) is 106 Å². The molecule has 9 rings (SSSR count). The van der Waals surface area contributed by atoms with Crippen molar-refractivity contribution in [2.75, 3.05) is 13.2 Å². The molecule has 21 atom stereocenters. The lowest BCUT2D eigenvalue weighted by Gasteiger charge is -2.63. The molecule has 0 aromatic heterocycles. The van der Waals surface area contributed by atoms with Crippen molar-refractivity contribution in [3.8, 4) is 0 Å². The highest BCUT2D eigenvalue weighted by Crippen LogP contribution is 2.90. The van der Waals surface area contributed by atoms with Crippen molar-refractivity contribution in [2.45, 2.75) is 191 Å². The molecule has 9 aliphatic rings. The van der Waals surface area contributed by atoms with Crippen molar-refractivity contribution in [1.29, 1.82) is 0 Å². The van der Waals surface area contributed by atoms with Crippen LogP contribution >= 0.6 is 0 Å². The van der Waals surface area contributed by atoms with Gasteiger partial charge < -0.3 is 64.2 Å². The summed E-state index contributed by atoms with van der Waals surface area (Å²) in [6.07, 6.45) is -3.02. The average molecular weight is 767 g/mol. The maximum atomic E-state index is 10.8. The Morgan fingerprint density at radius 2 is 1.43 bits per heavy atom. The van der Waals surface area contributed by atoms with Crippen molar-refractivity contribution in [2.24, 2.45) is 50.7 Å². The smallest absolute Gasteiger partial charge is 0.187 e. The number of fused-ring (bicyclic) bond motifs is 4. The Kier molecular flexibility index (Phi) is 8.85. The van der Waals surface area contributed by atoms with Gasteiger partial charge in [0.15, 0.2) is 18.4 Å². The molecule has 9 fully saturated rings. The molecule has 21 unspecified atom stereocenters. The molecule has 0 radical (unpaired) electrons. The highest BCUT2D eigenvalue weighted by Gasteiger charge is 2.85. The summed E-state index contributed by atoms with van der Waals surface area (Å²) in [5, 5.41) is 72.5. The van der Waals surface area contributed by atoms with Crippen LogP contribution in [0.25, 0.3) is 0 Å². The lowest BCUT2D eigenvalue weighted by atomic mass is 9.41. The van der Waals surface area contributed by atoms with Crippen molar-refractivity contribution >= 4 is 0 Å². The van der Waals surface area contributed by atoms with E-state index in [1.807, 2.05) is 13.8 Å². The molecule has 13 heteroatoms. The van der Waals surface area contributed by atoms with E-state index in [1.165, 1.54) is 12.8 Å². The van der Waals surface area contributed by atoms with Crippen molar-refractivity contribution in [3.63, 3.8) is 0 Å². The van der Waals surface area contributed by atoms with Gasteiger partial charge in [-0.3, -0.25) is 0 Å². The Morgan fingerprint density at radius 3 is 2.15 bits per heavy atom. The number of aliphatic hydroxyl groups excluding tert-OH is 7. The minimum Gasteiger partial charge on any atom is -0.394 e. The van der Waals surface area contributed by atoms with Gasteiger partial charge in [-0.05, 0) is 110 Å². The largest absolute Gasteiger partial charge is 0.394 e. The normalized spacial score (nSPS) is 60.1. The molecular formula is C41H66O13. The molecular weight excluding hydrogens is 700 g/mol. The SMILES string of the molecule is CC1CC2OC3(CC4(C)C5CCC6C(C)(C)C(OC7OCC(O)C(O)C7O)CCC67CC57CCC4(C)C13)OC2C(C)(C)OC1OC(CO)C(O)C(O)C1O. The van der Waals surface area contributed by atoms with Gasteiger partial charge in [0.1, 0.15) is 48.8 Å². The minimum atomic E-state index is -1.53. The first-order chi connectivity index (χ1) is 25.2. The van der Waals surface area contributed by atoms with Crippen molar-refractivity contribution in [3.05, 3.63) is 0 Å². The van der Waals surface area contributed by atoms with Gasteiger partial charge in [0.2, 0.25) is 0 Å². The van der Waals surface area contributed by atoms with Gasteiger partial charge in [-0.2, -0.15) is 0 Å². The summed E-state index contributed by atoms with van der Waals surface area (Å²) in [5.74, 6) is 0.744. The monoisotopic (exact) mass is 766 g/mol. The second kappa shape index (κ2) is 12.3. The van der Waals surface area contributed by atoms with Crippen molar-refractivity contribution < 1.29 is 64.2 Å². The molecule has 4 aliphatic heterocycles. The highest BCUT2D eigenvalue weighted by molar-refractivity contribution is 5.32. The van der Waals surface area contributed by atoms with Crippen LogP contribution in [0, 0.1) is 50.7 Å². The molecule has 5 saturated carbocycles. The fourth-order valence-electron chi connectivity index (χ4n) is 15.5. The lowest BCUT2D eigenvalue weighted by molar-refractivity contribution is -0.334. The van der Waals surface area contributed by atoms with E-state index in [-0.39, 0.29) is 51.8 Å². The third-order valence-electron chi connectivity index (χ3n) is 18.0. The number of hydrogen-bond acceptors (Lipinski definition) is 13. The molecule has 4 heterocycles. The summed E-state index contributed by atoms with van der Waals surface area (Å²) in [4.78, 5) is 0. The molecule has 4 saturated heterocycles. The third kappa shape index (κ3) is 4.91. The van der Waals surface area contributed by atoms with Crippen LogP contribution in [-0.2, 0) is 28.4 Å². The predicted molar refractivity (Wildman–Crippen MR) is 190 cm³/mol. The lowest BCUT2D eigenvalue weighted by Crippen LogP contribution is -2.61. The van der Waals surface area contributed by atoms with Gasteiger partial charge in [-0.25, -0.2) is 0 Å². The Morgan fingerprint density at radius 1 is 0.741 bits per heavy atom. The number of aliphatic hydroxyl groups is 7. The average Bonchev–Trinajstić information content (AvgIpc) is 3.60. The van der Waals surface area contributed by atoms with Gasteiger partial charge in [0.05, 0.1) is 31.0 Å².